The van der Waals surface area contributed by atoms with Gasteiger partial charge in [-0.15, -0.1) is 0 Å². The summed E-state index contributed by atoms with van der Waals surface area (Å²) in [5.41, 5.74) is 2.22. The SMILES string of the molecule is Fc1ccc(C2CCC[C@@H](COCc3ccccc3)O2)cc1. The van der Waals surface area contributed by atoms with Crippen molar-refractivity contribution in [3.05, 3.63) is 71.5 Å². The molecule has 0 spiro atoms. The maximum atomic E-state index is 13.0. The van der Waals surface area contributed by atoms with Gasteiger partial charge in [-0.25, -0.2) is 4.39 Å². The molecular weight excluding hydrogens is 279 g/mol. The molecule has 1 saturated heterocycles. The minimum atomic E-state index is -0.206. The van der Waals surface area contributed by atoms with Gasteiger partial charge in [-0.3, -0.25) is 0 Å². The van der Waals surface area contributed by atoms with Crippen LogP contribution in [0.25, 0.3) is 0 Å². The van der Waals surface area contributed by atoms with E-state index >= 15 is 0 Å². The molecule has 2 atom stereocenters. The van der Waals surface area contributed by atoms with Crippen molar-refractivity contribution in [2.75, 3.05) is 6.61 Å². The van der Waals surface area contributed by atoms with Crippen LogP contribution >= 0.6 is 0 Å². The quantitative estimate of drug-likeness (QED) is 0.800. The predicted octanol–water partition coefficient (Wildman–Crippen LogP) is 4.65. The Morgan fingerprint density at radius 3 is 2.55 bits per heavy atom. The molecular formula is C19H21FO2. The van der Waals surface area contributed by atoms with Crippen LogP contribution in [-0.4, -0.2) is 12.7 Å². The summed E-state index contributed by atoms with van der Waals surface area (Å²) in [7, 11) is 0. The molecule has 0 aromatic heterocycles. The van der Waals surface area contributed by atoms with Gasteiger partial charge in [0, 0.05) is 0 Å². The van der Waals surface area contributed by atoms with Gasteiger partial charge in [0.05, 0.1) is 25.4 Å². The lowest BCUT2D eigenvalue weighted by Crippen LogP contribution is -2.26. The molecule has 1 aliphatic heterocycles. The molecule has 1 aliphatic rings. The van der Waals surface area contributed by atoms with Crippen molar-refractivity contribution in [3.8, 4) is 0 Å². The fourth-order valence-electron chi connectivity index (χ4n) is 2.83. The summed E-state index contributed by atoms with van der Waals surface area (Å²) in [6, 6.07) is 16.8. The Bertz CT molecular complexity index is 568. The van der Waals surface area contributed by atoms with Crippen molar-refractivity contribution in [2.24, 2.45) is 0 Å². The molecule has 0 saturated carbocycles. The summed E-state index contributed by atoms with van der Waals surface area (Å²) in [4.78, 5) is 0. The van der Waals surface area contributed by atoms with E-state index in [1.54, 1.807) is 0 Å². The van der Waals surface area contributed by atoms with Crippen LogP contribution in [0.4, 0.5) is 4.39 Å². The van der Waals surface area contributed by atoms with E-state index in [-0.39, 0.29) is 18.0 Å². The Kier molecular flexibility index (Phi) is 5.20. The van der Waals surface area contributed by atoms with Gasteiger partial charge in [0.1, 0.15) is 5.82 Å². The van der Waals surface area contributed by atoms with Crippen LogP contribution < -0.4 is 0 Å². The molecule has 22 heavy (non-hydrogen) atoms. The summed E-state index contributed by atoms with van der Waals surface area (Å²) < 4.78 is 24.9. The van der Waals surface area contributed by atoms with E-state index in [9.17, 15) is 4.39 Å². The molecule has 0 amide bonds. The van der Waals surface area contributed by atoms with E-state index in [1.807, 2.05) is 30.3 Å². The third-order valence-corrected chi connectivity index (χ3v) is 4.01. The Hall–Kier alpha value is -1.71. The summed E-state index contributed by atoms with van der Waals surface area (Å²) in [6.07, 6.45) is 3.29. The van der Waals surface area contributed by atoms with E-state index in [1.165, 1.54) is 17.7 Å². The largest absolute Gasteiger partial charge is 0.374 e. The predicted molar refractivity (Wildman–Crippen MR) is 84.0 cm³/mol. The second kappa shape index (κ2) is 7.52. The normalized spacial score (nSPS) is 21.7. The summed E-state index contributed by atoms with van der Waals surface area (Å²) >= 11 is 0. The molecule has 116 valence electrons. The third-order valence-electron chi connectivity index (χ3n) is 4.01. The van der Waals surface area contributed by atoms with Crippen LogP contribution in [0.15, 0.2) is 54.6 Å². The highest BCUT2D eigenvalue weighted by atomic mass is 19.1. The first-order valence-electron chi connectivity index (χ1n) is 7.84. The van der Waals surface area contributed by atoms with Gasteiger partial charge < -0.3 is 9.47 Å². The zero-order valence-corrected chi connectivity index (χ0v) is 12.6. The summed E-state index contributed by atoms with van der Waals surface area (Å²) in [6.45, 7) is 1.22. The second-order valence-corrected chi connectivity index (χ2v) is 5.73. The number of rotatable bonds is 5. The summed E-state index contributed by atoms with van der Waals surface area (Å²) in [5.74, 6) is -0.206. The standard InChI is InChI=1S/C19H21FO2/c20-17-11-9-16(10-12-17)19-8-4-7-18(22-19)14-21-13-15-5-2-1-3-6-15/h1-3,5-6,9-12,18-19H,4,7-8,13-14H2/t18-,19?/m0/s1. The maximum absolute atomic E-state index is 13.0. The van der Waals surface area contributed by atoms with E-state index in [0.29, 0.717) is 13.2 Å². The molecule has 3 rings (SSSR count). The van der Waals surface area contributed by atoms with Gasteiger partial charge in [0.2, 0.25) is 0 Å². The zero-order valence-electron chi connectivity index (χ0n) is 12.6. The average molecular weight is 300 g/mol. The molecule has 0 aliphatic carbocycles. The highest BCUT2D eigenvalue weighted by molar-refractivity contribution is 5.19. The average Bonchev–Trinajstić information content (AvgIpc) is 2.57. The number of ether oxygens (including phenoxy) is 2. The Labute approximate surface area is 130 Å². The zero-order chi connectivity index (χ0) is 15.2. The fraction of sp³-hybridized carbons (Fsp3) is 0.368. The van der Waals surface area contributed by atoms with Crippen molar-refractivity contribution in [3.63, 3.8) is 0 Å². The van der Waals surface area contributed by atoms with Gasteiger partial charge >= 0.3 is 0 Å². The van der Waals surface area contributed by atoms with Gasteiger partial charge in [-0.1, -0.05) is 42.5 Å². The first kappa shape index (κ1) is 15.2. The molecule has 2 aromatic rings. The smallest absolute Gasteiger partial charge is 0.123 e. The molecule has 1 fully saturated rings. The minimum absolute atomic E-state index is 0.0553. The number of benzene rings is 2. The highest BCUT2D eigenvalue weighted by Crippen LogP contribution is 2.31. The number of hydrogen-bond acceptors (Lipinski definition) is 2. The Morgan fingerprint density at radius 1 is 1.00 bits per heavy atom. The van der Waals surface area contributed by atoms with Crippen LogP contribution in [0.1, 0.15) is 36.5 Å². The number of hydrogen-bond donors (Lipinski definition) is 0. The molecule has 1 unspecified atom stereocenters. The van der Waals surface area contributed by atoms with Gasteiger partial charge in [0.25, 0.3) is 0 Å². The lowest BCUT2D eigenvalue weighted by atomic mass is 9.98. The molecule has 0 N–H and O–H groups in total. The first-order chi connectivity index (χ1) is 10.8. The van der Waals surface area contributed by atoms with Crippen LogP contribution in [0.2, 0.25) is 0 Å². The third kappa shape index (κ3) is 4.15. The van der Waals surface area contributed by atoms with Crippen molar-refractivity contribution >= 4 is 0 Å². The van der Waals surface area contributed by atoms with Gasteiger partial charge in [-0.05, 0) is 42.5 Å². The highest BCUT2D eigenvalue weighted by Gasteiger charge is 2.23. The van der Waals surface area contributed by atoms with Gasteiger partial charge in [0.15, 0.2) is 0 Å². The molecule has 2 aromatic carbocycles. The summed E-state index contributed by atoms with van der Waals surface area (Å²) in [5, 5.41) is 0. The second-order valence-electron chi connectivity index (χ2n) is 5.73. The van der Waals surface area contributed by atoms with Crippen LogP contribution in [0.5, 0.6) is 0 Å². The Balaban J connectivity index is 1.49. The van der Waals surface area contributed by atoms with E-state index in [0.717, 1.165) is 24.8 Å². The van der Waals surface area contributed by atoms with E-state index in [4.69, 9.17) is 9.47 Å². The molecule has 0 bridgehead atoms. The Morgan fingerprint density at radius 2 is 1.77 bits per heavy atom. The van der Waals surface area contributed by atoms with Crippen molar-refractivity contribution < 1.29 is 13.9 Å². The lowest BCUT2D eigenvalue weighted by Gasteiger charge is -2.30. The minimum Gasteiger partial charge on any atom is -0.374 e. The maximum Gasteiger partial charge on any atom is 0.123 e. The van der Waals surface area contributed by atoms with E-state index in [2.05, 4.69) is 12.1 Å². The van der Waals surface area contributed by atoms with Crippen LogP contribution in [0.3, 0.4) is 0 Å². The van der Waals surface area contributed by atoms with Crippen molar-refractivity contribution in [1.82, 2.24) is 0 Å². The van der Waals surface area contributed by atoms with E-state index < -0.39 is 0 Å². The molecule has 3 heteroatoms. The first-order valence-corrected chi connectivity index (χ1v) is 7.84. The topological polar surface area (TPSA) is 18.5 Å². The van der Waals surface area contributed by atoms with Crippen molar-refractivity contribution in [1.29, 1.82) is 0 Å². The molecule has 2 nitrogen and oxygen atoms in total. The van der Waals surface area contributed by atoms with Crippen LogP contribution in [-0.2, 0) is 16.1 Å². The lowest BCUT2D eigenvalue weighted by molar-refractivity contribution is -0.0905. The monoisotopic (exact) mass is 300 g/mol. The van der Waals surface area contributed by atoms with Gasteiger partial charge in [-0.2, -0.15) is 0 Å². The molecule has 1 heterocycles. The van der Waals surface area contributed by atoms with Crippen LogP contribution in [0, 0.1) is 5.82 Å². The molecule has 0 radical (unpaired) electrons. The number of halogens is 1. The van der Waals surface area contributed by atoms with Crippen molar-refractivity contribution in [2.45, 2.75) is 38.1 Å². The fourth-order valence-corrected chi connectivity index (χ4v) is 2.83.